The van der Waals surface area contributed by atoms with Crippen LogP contribution in [0.3, 0.4) is 0 Å². The number of fused-ring (bicyclic) bond motifs is 1. The second-order valence-electron chi connectivity index (χ2n) is 7.58. The van der Waals surface area contributed by atoms with Crippen LogP contribution in [0.25, 0.3) is 0 Å². The van der Waals surface area contributed by atoms with E-state index < -0.39 is 13.2 Å². The number of benzene rings is 2. The summed E-state index contributed by atoms with van der Waals surface area (Å²) in [6.45, 7) is 1.96. The molecule has 0 spiro atoms. The third-order valence-electron chi connectivity index (χ3n) is 5.26. The van der Waals surface area contributed by atoms with Gasteiger partial charge in [-0.3, -0.25) is 9.59 Å². The topological polar surface area (TPSA) is 98.7 Å². The van der Waals surface area contributed by atoms with Crippen molar-refractivity contribution in [2.75, 3.05) is 6.44 Å². The first-order chi connectivity index (χ1) is 13.9. The molecule has 0 fully saturated rings. The zero-order chi connectivity index (χ0) is 20.8. The van der Waals surface area contributed by atoms with E-state index in [0.717, 1.165) is 42.4 Å². The van der Waals surface area contributed by atoms with Gasteiger partial charge < -0.3 is 20.7 Å². The quantitative estimate of drug-likeness (QED) is 0.539. The van der Waals surface area contributed by atoms with Gasteiger partial charge in [0.25, 0.3) is 5.91 Å². The SMILES string of the molecule is Cc1cccc(C(CC(=O)NCB(O)O)NC(=O)c2cccc3c2CCCC3)c1. The van der Waals surface area contributed by atoms with Gasteiger partial charge >= 0.3 is 7.12 Å². The van der Waals surface area contributed by atoms with E-state index in [9.17, 15) is 9.59 Å². The van der Waals surface area contributed by atoms with Crippen LogP contribution >= 0.6 is 0 Å². The van der Waals surface area contributed by atoms with Crippen LogP contribution in [0.5, 0.6) is 0 Å². The fourth-order valence-corrected chi connectivity index (χ4v) is 3.83. The molecule has 29 heavy (non-hydrogen) atoms. The van der Waals surface area contributed by atoms with Crippen LogP contribution in [-0.2, 0) is 17.6 Å². The van der Waals surface area contributed by atoms with Crippen molar-refractivity contribution in [3.8, 4) is 0 Å². The number of carbonyl (C=O) groups is 2. The van der Waals surface area contributed by atoms with Crippen molar-refractivity contribution in [1.82, 2.24) is 10.6 Å². The molecule has 0 aliphatic heterocycles. The molecule has 6 nitrogen and oxygen atoms in total. The first-order valence-corrected chi connectivity index (χ1v) is 10.0. The van der Waals surface area contributed by atoms with Crippen molar-refractivity contribution >= 4 is 18.9 Å². The molecule has 1 aliphatic carbocycles. The molecule has 1 aliphatic rings. The van der Waals surface area contributed by atoms with Gasteiger partial charge in [0.2, 0.25) is 5.91 Å². The fourth-order valence-electron chi connectivity index (χ4n) is 3.83. The second-order valence-corrected chi connectivity index (χ2v) is 7.58. The van der Waals surface area contributed by atoms with Gasteiger partial charge in [-0.1, -0.05) is 42.0 Å². The van der Waals surface area contributed by atoms with Crippen LogP contribution in [0, 0.1) is 6.92 Å². The van der Waals surface area contributed by atoms with Gasteiger partial charge in [0.15, 0.2) is 0 Å². The largest absolute Gasteiger partial charge is 0.472 e. The van der Waals surface area contributed by atoms with Gasteiger partial charge in [-0.15, -0.1) is 0 Å². The Labute approximate surface area is 171 Å². The average molecular weight is 394 g/mol. The summed E-state index contributed by atoms with van der Waals surface area (Å²) in [6.07, 6.45) is 3.86. The third kappa shape index (κ3) is 5.68. The molecule has 0 bridgehead atoms. The van der Waals surface area contributed by atoms with Gasteiger partial charge in [-0.2, -0.15) is 0 Å². The van der Waals surface area contributed by atoms with E-state index >= 15 is 0 Å². The van der Waals surface area contributed by atoms with E-state index in [-0.39, 0.29) is 24.7 Å². The highest BCUT2D eigenvalue weighted by molar-refractivity contribution is 6.41. The number of aryl methyl sites for hydroxylation is 2. The summed E-state index contributed by atoms with van der Waals surface area (Å²) in [7, 11) is -1.61. The summed E-state index contributed by atoms with van der Waals surface area (Å²) in [5, 5.41) is 23.4. The Kier molecular flexibility index (Phi) is 7.06. The Morgan fingerprint density at radius 3 is 2.62 bits per heavy atom. The number of nitrogens with one attached hydrogen (secondary N) is 2. The van der Waals surface area contributed by atoms with Crippen LogP contribution in [0.4, 0.5) is 0 Å². The first kappa shape index (κ1) is 21.1. The van der Waals surface area contributed by atoms with Gasteiger partial charge in [0.1, 0.15) is 0 Å². The van der Waals surface area contributed by atoms with Gasteiger partial charge in [-0.05, 0) is 55.4 Å². The van der Waals surface area contributed by atoms with E-state index in [1.54, 1.807) is 0 Å². The van der Waals surface area contributed by atoms with Gasteiger partial charge in [0, 0.05) is 5.56 Å². The van der Waals surface area contributed by atoms with Crippen LogP contribution in [0.2, 0.25) is 0 Å². The zero-order valence-corrected chi connectivity index (χ0v) is 16.6. The minimum atomic E-state index is -1.61. The maximum Gasteiger partial charge on any atom is 0.472 e. The molecule has 1 unspecified atom stereocenters. The van der Waals surface area contributed by atoms with E-state index in [2.05, 4.69) is 16.7 Å². The maximum absolute atomic E-state index is 13.1. The number of hydrogen-bond acceptors (Lipinski definition) is 4. The smallest absolute Gasteiger partial charge is 0.426 e. The Hall–Kier alpha value is -2.64. The highest BCUT2D eigenvalue weighted by Crippen LogP contribution is 2.26. The molecule has 152 valence electrons. The third-order valence-corrected chi connectivity index (χ3v) is 5.26. The molecule has 1 atom stereocenters. The molecule has 0 saturated heterocycles. The Morgan fingerprint density at radius 2 is 1.86 bits per heavy atom. The van der Waals surface area contributed by atoms with Gasteiger partial charge in [-0.25, -0.2) is 0 Å². The fraction of sp³-hybridized carbons (Fsp3) is 0.364. The molecule has 4 N–H and O–H groups in total. The predicted molar refractivity (Wildman–Crippen MR) is 112 cm³/mol. The van der Waals surface area contributed by atoms with E-state index in [1.165, 1.54) is 5.56 Å². The van der Waals surface area contributed by atoms with E-state index in [1.807, 2.05) is 43.3 Å². The summed E-state index contributed by atoms with van der Waals surface area (Å²) >= 11 is 0. The maximum atomic E-state index is 13.1. The zero-order valence-electron chi connectivity index (χ0n) is 16.6. The van der Waals surface area contributed by atoms with Gasteiger partial charge in [0.05, 0.1) is 18.9 Å². The summed E-state index contributed by atoms with van der Waals surface area (Å²) in [6, 6.07) is 13.0. The molecular weight excluding hydrogens is 367 g/mol. The predicted octanol–water partition coefficient (Wildman–Crippen LogP) is 1.86. The second kappa shape index (κ2) is 9.72. The standard InChI is InChI=1S/C22H27BN2O4/c1-15-6-4-9-17(12-15)20(13-21(26)24-14-23(28)29)25-22(27)19-11-5-8-16-7-2-3-10-18(16)19/h4-6,8-9,11-12,20,28-29H,2-3,7,10,13-14H2,1H3,(H,24,26)(H,25,27). The molecule has 0 heterocycles. The minimum Gasteiger partial charge on any atom is -0.426 e. The lowest BCUT2D eigenvalue weighted by molar-refractivity contribution is -0.121. The normalized spacial score (nSPS) is 13.9. The first-order valence-electron chi connectivity index (χ1n) is 10.0. The monoisotopic (exact) mass is 394 g/mol. The Bertz CT molecular complexity index is 885. The molecule has 2 aromatic rings. The molecule has 0 saturated carbocycles. The lowest BCUT2D eigenvalue weighted by atomic mass is 9.88. The Balaban J connectivity index is 1.81. The summed E-state index contributed by atoms with van der Waals surface area (Å²) in [4.78, 5) is 25.4. The Morgan fingerprint density at radius 1 is 1.10 bits per heavy atom. The van der Waals surface area contributed by atoms with Crippen molar-refractivity contribution in [2.24, 2.45) is 0 Å². The van der Waals surface area contributed by atoms with E-state index in [4.69, 9.17) is 10.0 Å². The summed E-state index contributed by atoms with van der Waals surface area (Å²) in [5.74, 6) is -0.551. The lowest BCUT2D eigenvalue weighted by Crippen LogP contribution is -2.38. The minimum absolute atomic E-state index is 0.0109. The molecule has 2 amide bonds. The highest BCUT2D eigenvalue weighted by atomic mass is 16.4. The highest BCUT2D eigenvalue weighted by Gasteiger charge is 2.23. The van der Waals surface area contributed by atoms with Crippen molar-refractivity contribution in [3.05, 3.63) is 70.3 Å². The van der Waals surface area contributed by atoms with Crippen molar-refractivity contribution in [1.29, 1.82) is 0 Å². The lowest BCUT2D eigenvalue weighted by Gasteiger charge is -2.23. The van der Waals surface area contributed by atoms with Crippen molar-refractivity contribution in [2.45, 2.75) is 45.1 Å². The molecule has 0 aromatic heterocycles. The van der Waals surface area contributed by atoms with Crippen molar-refractivity contribution < 1.29 is 19.6 Å². The van der Waals surface area contributed by atoms with Crippen LogP contribution in [0.1, 0.15) is 57.9 Å². The van der Waals surface area contributed by atoms with Crippen LogP contribution in [-0.4, -0.2) is 35.4 Å². The molecule has 3 rings (SSSR count). The molecule has 0 radical (unpaired) electrons. The summed E-state index contributed by atoms with van der Waals surface area (Å²) in [5.41, 5.74) is 4.87. The number of hydrogen-bond donors (Lipinski definition) is 4. The number of rotatable bonds is 7. The molecular formula is C22H27BN2O4. The average Bonchev–Trinajstić information content (AvgIpc) is 2.71. The van der Waals surface area contributed by atoms with Crippen LogP contribution in [0.15, 0.2) is 42.5 Å². The number of carbonyl (C=O) groups excluding carboxylic acids is 2. The number of amides is 2. The van der Waals surface area contributed by atoms with Crippen LogP contribution < -0.4 is 10.6 Å². The van der Waals surface area contributed by atoms with Crippen molar-refractivity contribution in [3.63, 3.8) is 0 Å². The molecule has 2 aromatic carbocycles. The molecule has 7 heteroatoms. The summed E-state index contributed by atoms with van der Waals surface area (Å²) < 4.78 is 0. The van der Waals surface area contributed by atoms with E-state index in [0.29, 0.717) is 5.56 Å².